The number of hydrogen-bond donors (Lipinski definition) is 3. The molecule has 0 amide bonds. The highest BCUT2D eigenvalue weighted by molar-refractivity contribution is 5.80. The van der Waals surface area contributed by atoms with Crippen LogP contribution in [0, 0.1) is 0 Å². The number of nitrogens with one attached hydrogen (secondary N) is 2. The molecule has 6 nitrogen and oxygen atoms in total. The van der Waals surface area contributed by atoms with Gasteiger partial charge >= 0.3 is 0 Å². The third kappa shape index (κ3) is 2.80. The second-order valence-electron chi connectivity index (χ2n) is 5.12. The first-order chi connectivity index (χ1) is 10.3. The molecule has 1 aliphatic rings. The fourth-order valence-corrected chi connectivity index (χ4v) is 2.64. The van der Waals surface area contributed by atoms with E-state index in [1.165, 1.54) is 0 Å². The average Bonchev–Trinajstić information content (AvgIpc) is 2.94. The molecule has 1 saturated heterocycles. The lowest BCUT2D eigenvalue weighted by atomic mass is 10.1. The van der Waals surface area contributed by atoms with Crippen molar-refractivity contribution in [3.05, 3.63) is 24.4 Å². The van der Waals surface area contributed by atoms with Crippen LogP contribution in [0.3, 0.4) is 0 Å². The van der Waals surface area contributed by atoms with E-state index < -0.39 is 0 Å². The van der Waals surface area contributed by atoms with Crippen molar-refractivity contribution in [2.75, 3.05) is 25.9 Å². The minimum absolute atomic E-state index is 0.171. The van der Waals surface area contributed by atoms with Gasteiger partial charge in [0.2, 0.25) is 0 Å². The van der Waals surface area contributed by atoms with Crippen molar-refractivity contribution in [3.63, 3.8) is 0 Å². The minimum atomic E-state index is 0.171. The van der Waals surface area contributed by atoms with Crippen LogP contribution in [0.4, 0.5) is 5.82 Å². The highest BCUT2D eigenvalue weighted by atomic mass is 16.5. The predicted molar refractivity (Wildman–Crippen MR) is 81.5 cm³/mol. The fraction of sp³-hybridized carbons (Fsp3) is 0.400. The molecule has 1 aromatic carbocycles. The van der Waals surface area contributed by atoms with E-state index in [-0.39, 0.29) is 6.10 Å². The summed E-state index contributed by atoms with van der Waals surface area (Å²) >= 11 is 0. The van der Waals surface area contributed by atoms with Crippen LogP contribution >= 0.6 is 0 Å². The first-order valence-electron chi connectivity index (χ1n) is 7.13. The Morgan fingerprint density at radius 1 is 1.33 bits per heavy atom. The Bertz CT molecular complexity index is 605. The molecule has 1 aromatic heterocycles. The lowest BCUT2D eigenvalue weighted by molar-refractivity contribution is 0.161. The van der Waals surface area contributed by atoms with Crippen molar-refractivity contribution in [1.82, 2.24) is 15.5 Å². The monoisotopic (exact) mass is 288 g/mol. The molecule has 1 aliphatic heterocycles. The number of aromatic nitrogens is 2. The maximum atomic E-state index is 6.10. The summed E-state index contributed by atoms with van der Waals surface area (Å²) in [5.74, 6) is 1.95. The van der Waals surface area contributed by atoms with Gasteiger partial charge in [0.25, 0.3) is 0 Å². The van der Waals surface area contributed by atoms with Crippen LogP contribution < -0.4 is 20.5 Å². The van der Waals surface area contributed by atoms with Gasteiger partial charge in [-0.05, 0) is 25.5 Å². The molecule has 6 heteroatoms. The van der Waals surface area contributed by atoms with E-state index >= 15 is 0 Å². The molecule has 1 atom stereocenters. The van der Waals surface area contributed by atoms with Gasteiger partial charge in [-0.1, -0.05) is 12.1 Å². The van der Waals surface area contributed by atoms with Crippen LogP contribution in [0.5, 0.6) is 11.5 Å². The number of rotatable bonds is 4. The second kappa shape index (κ2) is 6.05. The third-order valence-electron chi connectivity index (χ3n) is 3.69. The van der Waals surface area contributed by atoms with Crippen molar-refractivity contribution in [2.24, 2.45) is 0 Å². The summed E-state index contributed by atoms with van der Waals surface area (Å²) in [5.41, 5.74) is 7.60. The molecule has 2 heterocycles. The number of H-pyrrole nitrogens is 1. The zero-order valence-corrected chi connectivity index (χ0v) is 12.1. The Balaban J connectivity index is 1.92. The molecule has 0 bridgehead atoms. The first kappa shape index (κ1) is 13.8. The van der Waals surface area contributed by atoms with Crippen molar-refractivity contribution >= 4 is 5.82 Å². The van der Waals surface area contributed by atoms with E-state index in [4.69, 9.17) is 15.2 Å². The van der Waals surface area contributed by atoms with E-state index in [1.807, 2.05) is 18.2 Å². The van der Waals surface area contributed by atoms with E-state index in [0.29, 0.717) is 11.6 Å². The number of para-hydroxylation sites is 1. The Kier molecular flexibility index (Phi) is 3.96. The SMILES string of the molecule is COc1c(OC2CCCNC2)cccc1-c1cn[nH]c1N. The van der Waals surface area contributed by atoms with E-state index in [1.54, 1.807) is 13.3 Å². The van der Waals surface area contributed by atoms with Gasteiger partial charge in [0.05, 0.1) is 13.3 Å². The number of benzene rings is 1. The zero-order chi connectivity index (χ0) is 14.7. The van der Waals surface area contributed by atoms with Crippen molar-refractivity contribution in [2.45, 2.75) is 18.9 Å². The standard InChI is InChI=1S/C15H20N4O2/c1-20-14-11(12-9-18-19-15(12)16)5-2-6-13(14)21-10-4-3-7-17-8-10/h2,5-6,9-10,17H,3-4,7-8H2,1H3,(H3,16,18,19). The zero-order valence-electron chi connectivity index (χ0n) is 12.1. The highest BCUT2D eigenvalue weighted by Crippen LogP contribution is 2.40. The Hall–Kier alpha value is -2.21. The Morgan fingerprint density at radius 2 is 2.24 bits per heavy atom. The van der Waals surface area contributed by atoms with Crippen LogP contribution in [0.2, 0.25) is 0 Å². The summed E-state index contributed by atoms with van der Waals surface area (Å²) in [6.07, 6.45) is 4.04. The molecule has 1 fully saturated rings. The lowest BCUT2D eigenvalue weighted by Gasteiger charge is -2.25. The number of methoxy groups -OCH3 is 1. The first-order valence-corrected chi connectivity index (χ1v) is 7.13. The van der Waals surface area contributed by atoms with Crippen LogP contribution in [0.1, 0.15) is 12.8 Å². The number of ether oxygens (including phenoxy) is 2. The topological polar surface area (TPSA) is 85.2 Å². The molecule has 112 valence electrons. The van der Waals surface area contributed by atoms with Gasteiger partial charge < -0.3 is 20.5 Å². The second-order valence-corrected chi connectivity index (χ2v) is 5.12. The molecule has 0 saturated carbocycles. The van der Waals surface area contributed by atoms with Crippen LogP contribution in [-0.4, -0.2) is 36.5 Å². The Labute approximate surface area is 123 Å². The molecule has 4 N–H and O–H groups in total. The van der Waals surface area contributed by atoms with Crippen LogP contribution in [-0.2, 0) is 0 Å². The number of nitrogens with zero attached hydrogens (tertiary/aromatic N) is 1. The van der Waals surface area contributed by atoms with Crippen molar-refractivity contribution in [1.29, 1.82) is 0 Å². The van der Waals surface area contributed by atoms with Gasteiger partial charge in [0, 0.05) is 17.7 Å². The molecule has 0 spiro atoms. The maximum absolute atomic E-state index is 6.10. The molecular weight excluding hydrogens is 268 g/mol. The Morgan fingerprint density at radius 3 is 2.90 bits per heavy atom. The summed E-state index contributed by atoms with van der Waals surface area (Å²) in [4.78, 5) is 0. The number of nitrogen functional groups attached to an aromatic ring is 1. The lowest BCUT2D eigenvalue weighted by Crippen LogP contribution is -2.37. The van der Waals surface area contributed by atoms with Crippen molar-refractivity contribution < 1.29 is 9.47 Å². The molecule has 3 rings (SSSR count). The minimum Gasteiger partial charge on any atom is -0.492 e. The van der Waals surface area contributed by atoms with E-state index in [2.05, 4.69) is 15.5 Å². The molecule has 0 aliphatic carbocycles. The van der Waals surface area contributed by atoms with Gasteiger partial charge in [-0.2, -0.15) is 5.10 Å². The summed E-state index contributed by atoms with van der Waals surface area (Å²) in [6.45, 7) is 1.92. The number of nitrogens with two attached hydrogens (primary N) is 1. The average molecular weight is 288 g/mol. The summed E-state index contributed by atoms with van der Waals surface area (Å²) in [6, 6.07) is 5.81. The molecule has 1 unspecified atom stereocenters. The summed E-state index contributed by atoms with van der Waals surface area (Å²) in [7, 11) is 1.64. The summed E-state index contributed by atoms with van der Waals surface area (Å²) < 4.78 is 11.7. The van der Waals surface area contributed by atoms with Gasteiger partial charge in [0.15, 0.2) is 11.5 Å². The largest absolute Gasteiger partial charge is 0.492 e. The maximum Gasteiger partial charge on any atom is 0.168 e. The highest BCUT2D eigenvalue weighted by Gasteiger charge is 2.19. The third-order valence-corrected chi connectivity index (χ3v) is 3.69. The number of anilines is 1. The van der Waals surface area contributed by atoms with E-state index in [9.17, 15) is 0 Å². The molecule has 2 aromatic rings. The predicted octanol–water partition coefficient (Wildman–Crippen LogP) is 1.80. The van der Waals surface area contributed by atoms with Crippen molar-refractivity contribution in [3.8, 4) is 22.6 Å². The van der Waals surface area contributed by atoms with Gasteiger partial charge in [-0.15, -0.1) is 0 Å². The number of hydrogen-bond acceptors (Lipinski definition) is 5. The fourth-order valence-electron chi connectivity index (χ4n) is 2.64. The quantitative estimate of drug-likeness (QED) is 0.799. The molecule has 21 heavy (non-hydrogen) atoms. The normalized spacial score (nSPS) is 18.4. The molecular formula is C15H20N4O2. The van der Waals surface area contributed by atoms with Gasteiger partial charge in [0.1, 0.15) is 11.9 Å². The van der Waals surface area contributed by atoms with Gasteiger partial charge in [-0.3, -0.25) is 5.10 Å². The molecule has 0 radical (unpaired) electrons. The van der Waals surface area contributed by atoms with E-state index in [0.717, 1.165) is 42.8 Å². The van der Waals surface area contributed by atoms with Gasteiger partial charge in [-0.25, -0.2) is 0 Å². The smallest absolute Gasteiger partial charge is 0.168 e. The number of piperidine rings is 1. The van der Waals surface area contributed by atoms with Crippen LogP contribution in [0.15, 0.2) is 24.4 Å². The summed E-state index contributed by atoms with van der Waals surface area (Å²) in [5, 5.41) is 10.0. The van der Waals surface area contributed by atoms with Crippen LogP contribution in [0.25, 0.3) is 11.1 Å². The number of aromatic amines is 1.